The van der Waals surface area contributed by atoms with E-state index in [2.05, 4.69) is 23.4 Å². The van der Waals surface area contributed by atoms with Crippen LogP contribution < -0.4 is 11.1 Å². The minimum Gasteiger partial charge on any atom is -0.340 e. The summed E-state index contributed by atoms with van der Waals surface area (Å²) < 4.78 is 0. The van der Waals surface area contributed by atoms with Gasteiger partial charge in [-0.25, -0.2) is 0 Å². The van der Waals surface area contributed by atoms with Crippen molar-refractivity contribution in [2.24, 2.45) is 5.73 Å². The molecule has 2 aromatic carbocycles. The SMILES string of the molecule is C#Cc1ccc(CCc2ccccc2)c(C(=O)NCN)c1. The van der Waals surface area contributed by atoms with Gasteiger partial charge >= 0.3 is 0 Å². The molecule has 3 nitrogen and oxygen atoms in total. The summed E-state index contributed by atoms with van der Waals surface area (Å²) in [6, 6.07) is 15.7. The molecule has 1 amide bonds. The fourth-order valence-electron chi connectivity index (χ4n) is 2.21. The Kier molecular flexibility index (Phi) is 5.14. The maximum atomic E-state index is 12.1. The van der Waals surface area contributed by atoms with Crippen molar-refractivity contribution >= 4 is 5.91 Å². The zero-order valence-electron chi connectivity index (χ0n) is 11.8. The van der Waals surface area contributed by atoms with Crippen molar-refractivity contribution in [1.82, 2.24) is 5.32 Å². The molecule has 3 heteroatoms. The molecular weight excluding hydrogens is 260 g/mol. The molecule has 0 unspecified atom stereocenters. The lowest BCUT2D eigenvalue weighted by molar-refractivity contribution is 0.0954. The minimum atomic E-state index is -0.183. The van der Waals surface area contributed by atoms with E-state index < -0.39 is 0 Å². The van der Waals surface area contributed by atoms with Gasteiger partial charge in [0.2, 0.25) is 0 Å². The molecule has 2 aromatic rings. The van der Waals surface area contributed by atoms with E-state index in [-0.39, 0.29) is 12.6 Å². The predicted octanol–water partition coefficient (Wildman–Crippen LogP) is 2.10. The van der Waals surface area contributed by atoms with Gasteiger partial charge in [-0.1, -0.05) is 42.3 Å². The van der Waals surface area contributed by atoms with Crippen LogP contribution in [-0.2, 0) is 12.8 Å². The van der Waals surface area contributed by atoms with Crippen LogP contribution in [0, 0.1) is 12.3 Å². The van der Waals surface area contributed by atoms with Crippen molar-refractivity contribution in [2.45, 2.75) is 12.8 Å². The van der Waals surface area contributed by atoms with Crippen LogP contribution in [0.3, 0.4) is 0 Å². The number of benzene rings is 2. The highest BCUT2D eigenvalue weighted by Crippen LogP contribution is 2.15. The molecule has 0 spiro atoms. The van der Waals surface area contributed by atoms with Gasteiger partial charge in [-0.15, -0.1) is 6.42 Å². The first kappa shape index (κ1) is 14.8. The van der Waals surface area contributed by atoms with Crippen LogP contribution in [0.15, 0.2) is 48.5 Å². The van der Waals surface area contributed by atoms with Crippen LogP contribution in [-0.4, -0.2) is 12.6 Å². The van der Waals surface area contributed by atoms with Gasteiger partial charge in [-0.05, 0) is 36.1 Å². The molecule has 0 saturated heterocycles. The highest BCUT2D eigenvalue weighted by molar-refractivity contribution is 5.96. The van der Waals surface area contributed by atoms with Gasteiger partial charge in [0.15, 0.2) is 0 Å². The summed E-state index contributed by atoms with van der Waals surface area (Å²) in [4.78, 5) is 12.1. The second-order valence-electron chi connectivity index (χ2n) is 4.71. The Hall–Kier alpha value is -2.57. The van der Waals surface area contributed by atoms with Gasteiger partial charge in [-0.3, -0.25) is 4.79 Å². The zero-order chi connectivity index (χ0) is 15.1. The van der Waals surface area contributed by atoms with E-state index >= 15 is 0 Å². The van der Waals surface area contributed by atoms with Crippen LogP contribution >= 0.6 is 0 Å². The molecule has 0 saturated carbocycles. The summed E-state index contributed by atoms with van der Waals surface area (Å²) >= 11 is 0. The molecule has 106 valence electrons. The second kappa shape index (κ2) is 7.28. The van der Waals surface area contributed by atoms with Crippen LogP contribution in [0.2, 0.25) is 0 Å². The van der Waals surface area contributed by atoms with Crippen molar-refractivity contribution < 1.29 is 4.79 Å². The third-order valence-corrected chi connectivity index (χ3v) is 3.31. The first-order valence-corrected chi connectivity index (χ1v) is 6.86. The summed E-state index contributed by atoms with van der Waals surface area (Å²) in [6.45, 7) is 0.108. The van der Waals surface area contributed by atoms with Crippen molar-refractivity contribution in [2.75, 3.05) is 6.67 Å². The molecule has 2 rings (SSSR count). The summed E-state index contributed by atoms with van der Waals surface area (Å²) in [5.41, 5.74) is 8.89. The maximum absolute atomic E-state index is 12.1. The highest BCUT2D eigenvalue weighted by Gasteiger charge is 2.11. The summed E-state index contributed by atoms with van der Waals surface area (Å²) in [7, 11) is 0. The third kappa shape index (κ3) is 3.95. The number of nitrogens with two attached hydrogens (primary N) is 1. The third-order valence-electron chi connectivity index (χ3n) is 3.31. The van der Waals surface area contributed by atoms with Gasteiger partial charge in [-0.2, -0.15) is 0 Å². The van der Waals surface area contributed by atoms with E-state index in [0.717, 1.165) is 18.4 Å². The fraction of sp³-hybridized carbons (Fsp3) is 0.167. The standard InChI is InChI=1S/C18H18N2O/c1-2-14-8-10-16(17(12-14)18(21)20-13-19)11-9-15-6-4-3-5-7-15/h1,3-8,10,12H,9,11,13,19H2,(H,20,21). The molecule has 0 heterocycles. The molecule has 0 atom stereocenters. The molecule has 3 N–H and O–H groups in total. The first-order chi connectivity index (χ1) is 10.2. The van der Waals surface area contributed by atoms with Crippen LogP contribution in [0.4, 0.5) is 0 Å². The van der Waals surface area contributed by atoms with Crippen LogP contribution in [0.5, 0.6) is 0 Å². The topological polar surface area (TPSA) is 55.1 Å². The first-order valence-electron chi connectivity index (χ1n) is 6.86. The molecule has 0 fully saturated rings. The number of nitrogens with one attached hydrogen (secondary N) is 1. The Morgan fingerprint density at radius 1 is 1.14 bits per heavy atom. The summed E-state index contributed by atoms with van der Waals surface area (Å²) in [5.74, 6) is 2.37. The Balaban J connectivity index is 2.22. The minimum absolute atomic E-state index is 0.108. The van der Waals surface area contributed by atoms with Crippen molar-refractivity contribution in [3.8, 4) is 12.3 Å². The number of aryl methyl sites for hydroxylation is 2. The molecule has 0 radical (unpaired) electrons. The molecular formula is C18H18N2O. The predicted molar refractivity (Wildman–Crippen MR) is 84.7 cm³/mol. The lowest BCUT2D eigenvalue weighted by atomic mass is 9.97. The lowest BCUT2D eigenvalue weighted by Gasteiger charge is -2.10. The highest BCUT2D eigenvalue weighted by atomic mass is 16.1. The normalized spacial score (nSPS) is 9.90. The van der Waals surface area contributed by atoms with Crippen LogP contribution in [0.25, 0.3) is 0 Å². The summed E-state index contributed by atoms with van der Waals surface area (Å²) in [5, 5.41) is 2.62. The van der Waals surface area contributed by atoms with Gasteiger partial charge in [0, 0.05) is 11.1 Å². The van der Waals surface area contributed by atoms with Gasteiger partial charge in [0.25, 0.3) is 5.91 Å². The molecule has 0 bridgehead atoms. The van der Waals surface area contributed by atoms with E-state index in [1.165, 1.54) is 5.56 Å². The van der Waals surface area contributed by atoms with Gasteiger partial charge in [0.05, 0.1) is 6.67 Å². The lowest BCUT2D eigenvalue weighted by Crippen LogP contribution is -2.30. The van der Waals surface area contributed by atoms with E-state index in [1.54, 1.807) is 6.07 Å². The van der Waals surface area contributed by atoms with Crippen molar-refractivity contribution in [3.63, 3.8) is 0 Å². The monoisotopic (exact) mass is 278 g/mol. The average Bonchev–Trinajstić information content (AvgIpc) is 2.54. The molecule has 0 aliphatic rings. The van der Waals surface area contributed by atoms with E-state index in [9.17, 15) is 4.79 Å². The number of hydrogen-bond acceptors (Lipinski definition) is 2. The number of hydrogen-bond donors (Lipinski definition) is 2. The van der Waals surface area contributed by atoms with Crippen molar-refractivity contribution in [3.05, 3.63) is 70.8 Å². The second-order valence-corrected chi connectivity index (χ2v) is 4.71. The maximum Gasteiger partial charge on any atom is 0.252 e. The largest absolute Gasteiger partial charge is 0.340 e. The zero-order valence-corrected chi connectivity index (χ0v) is 11.8. The molecule has 0 aromatic heterocycles. The van der Waals surface area contributed by atoms with E-state index in [0.29, 0.717) is 11.1 Å². The van der Waals surface area contributed by atoms with Crippen LogP contribution in [0.1, 0.15) is 27.0 Å². The average molecular weight is 278 g/mol. The fourth-order valence-corrected chi connectivity index (χ4v) is 2.21. The van der Waals surface area contributed by atoms with Gasteiger partial charge < -0.3 is 11.1 Å². The number of rotatable bonds is 5. The Morgan fingerprint density at radius 3 is 2.57 bits per heavy atom. The quantitative estimate of drug-likeness (QED) is 0.650. The number of carbonyl (C=O) groups is 1. The molecule has 0 aliphatic heterocycles. The molecule has 21 heavy (non-hydrogen) atoms. The Labute approximate surface area is 125 Å². The van der Waals surface area contributed by atoms with E-state index in [4.69, 9.17) is 12.2 Å². The molecule has 0 aliphatic carbocycles. The Bertz CT molecular complexity index is 657. The number of amides is 1. The number of terminal acetylenes is 1. The number of carbonyl (C=O) groups excluding carboxylic acids is 1. The smallest absolute Gasteiger partial charge is 0.252 e. The Morgan fingerprint density at radius 2 is 1.90 bits per heavy atom. The van der Waals surface area contributed by atoms with Crippen molar-refractivity contribution in [1.29, 1.82) is 0 Å². The summed E-state index contributed by atoms with van der Waals surface area (Å²) in [6.07, 6.45) is 7.06. The van der Waals surface area contributed by atoms with E-state index in [1.807, 2.05) is 30.3 Å². The van der Waals surface area contributed by atoms with Gasteiger partial charge in [0.1, 0.15) is 0 Å².